The van der Waals surface area contributed by atoms with Crippen molar-refractivity contribution >= 4 is 59.5 Å². The number of carbonyl (C=O) groups is 2. The van der Waals surface area contributed by atoms with Crippen molar-refractivity contribution in [2.75, 3.05) is 11.9 Å². The number of aryl methyl sites for hydroxylation is 2. The molecule has 0 fully saturated rings. The van der Waals surface area contributed by atoms with Gasteiger partial charge in [0.2, 0.25) is 0 Å². The molecule has 1 aliphatic carbocycles. The highest BCUT2D eigenvalue weighted by Gasteiger charge is 2.32. The molecule has 0 saturated heterocycles. The molecular formula is C38H39ClN6O2S2. The number of nitrogens with one attached hydrogen (secondary N) is 1. The molecule has 4 heterocycles. The number of thiophene rings is 1. The van der Waals surface area contributed by atoms with Crippen LogP contribution in [-0.2, 0) is 22.4 Å². The highest BCUT2D eigenvalue weighted by atomic mass is 35.5. The van der Waals surface area contributed by atoms with Crippen molar-refractivity contribution in [2.24, 2.45) is 4.99 Å². The lowest BCUT2D eigenvalue weighted by atomic mass is 9.99. The van der Waals surface area contributed by atoms with Crippen LogP contribution in [0.3, 0.4) is 0 Å². The molecule has 0 spiro atoms. The fourth-order valence-electron chi connectivity index (χ4n) is 6.68. The van der Waals surface area contributed by atoms with Gasteiger partial charge in [0.25, 0.3) is 0 Å². The molecule has 1 aliphatic heterocycles. The predicted molar refractivity (Wildman–Crippen MR) is 202 cm³/mol. The summed E-state index contributed by atoms with van der Waals surface area (Å²) in [7, 11) is 0. The standard InChI is InChI=1S/C38H37ClN6O2S.H2S/c1-22-23(2)48-38-34(22)35(25-12-14-29(39)15-13-25)42-33(37-44-43-24(3)45(37)38)21-30(46)8-5-4-6-16-40-36-32(9-7-17-41-36)27-11-10-26-19-31(47)20-28(26)18-27;/h7,9-15,17-18,33H,4-6,8,16,19-21H2,1-3H3,(H,40,41);1H2/t33-;/m0./s1. The van der Waals surface area contributed by atoms with Gasteiger partial charge in [0.05, 0.1) is 5.71 Å². The first-order valence-electron chi connectivity index (χ1n) is 16.5. The molecule has 5 aromatic rings. The van der Waals surface area contributed by atoms with Gasteiger partial charge in [-0.2, -0.15) is 13.5 Å². The zero-order valence-corrected chi connectivity index (χ0v) is 30.4. The zero-order chi connectivity index (χ0) is 33.4. The van der Waals surface area contributed by atoms with Crippen LogP contribution in [0, 0.1) is 20.8 Å². The SMILES string of the molecule is Cc1sc2c(c1C)C(c1ccc(Cl)cc1)=N[C@@H](CC(=O)CCCCCNc1ncccc1-c1ccc3c(c1)CC(=O)C3)c1nnc(C)n1-2.S. The third kappa shape index (κ3) is 7.13. The number of ketones is 2. The first-order chi connectivity index (χ1) is 23.3. The summed E-state index contributed by atoms with van der Waals surface area (Å²) in [4.78, 5) is 36.4. The number of carbonyl (C=O) groups excluding carboxylic acids is 2. The number of nitrogens with zero attached hydrogens (tertiary/aromatic N) is 5. The quantitative estimate of drug-likeness (QED) is 0.139. The van der Waals surface area contributed by atoms with Crippen molar-refractivity contribution in [1.82, 2.24) is 19.7 Å². The predicted octanol–water partition coefficient (Wildman–Crippen LogP) is 8.27. The number of anilines is 1. The maximum Gasteiger partial charge on any atom is 0.163 e. The van der Waals surface area contributed by atoms with E-state index in [9.17, 15) is 9.59 Å². The third-order valence-electron chi connectivity index (χ3n) is 9.30. The average molecular weight is 711 g/mol. The molecule has 49 heavy (non-hydrogen) atoms. The second-order valence-corrected chi connectivity index (χ2v) is 14.3. The smallest absolute Gasteiger partial charge is 0.163 e. The van der Waals surface area contributed by atoms with Crippen LogP contribution < -0.4 is 5.32 Å². The van der Waals surface area contributed by atoms with Crippen LogP contribution in [0.15, 0.2) is 65.8 Å². The van der Waals surface area contributed by atoms with E-state index in [0.29, 0.717) is 30.1 Å². The number of Topliss-reactive ketones (excluding diaryl/α,β-unsaturated/α-hetero) is 2. The normalized spacial score (nSPS) is 14.7. The topological polar surface area (TPSA) is 102 Å². The van der Waals surface area contributed by atoms with E-state index in [0.717, 1.165) is 81.5 Å². The van der Waals surface area contributed by atoms with E-state index in [4.69, 9.17) is 16.6 Å². The van der Waals surface area contributed by atoms with E-state index >= 15 is 0 Å². The van der Waals surface area contributed by atoms with E-state index in [-0.39, 0.29) is 31.5 Å². The molecule has 2 aliphatic rings. The van der Waals surface area contributed by atoms with Crippen LogP contribution >= 0.6 is 36.4 Å². The number of hydrogen-bond donors (Lipinski definition) is 1. The summed E-state index contributed by atoms with van der Waals surface area (Å²) in [5, 5.41) is 14.1. The number of pyridine rings is 1. The Balaban J connectivity index is 0.00000417. The molecule has 3 aromatic heterocycles. The van der Waals surface area contributed by atoms with E-state index in [2.05, 4.69) is 63.2 Å². The Bertz CT molecular complexity index is 2070. The number of rotatable bonds is 11. The van der Waals surface area contributed by atoms with Gasteiger partial charge in [0.15, 0.2) is 5.82 Å². The second kappa shape index (κ2) is 14.8. The Morgan fingerprint density at radius 1 is 0.980 bits per heavy atom. The molecule has 7 rings (SSSR count). The molecule has 1 N–H and O–H groups in total. The van der Waals surface area contributed by atoms with Gasteiger partial charge in [-0.3, -0.25) is 19.1 Å². The minimum atomic E-state index is -0.440. The van der Waals surface area contributed by atoms with Crippen molar-refractivity contribution in [3.63, 3.8) is 0 Å². The minimum absolute atomic E-state index is 0. The summed E-state index contributed by atoms with van der Waals surface area (Å²) in [6.07, 6.45) is 6.21. The number of aliphatic imine (C=N–C) groups is 1. The monoisotopic (exact) mass is 710 g/mol. The molecule has 2 aromatic carbocycles. The number of fused-ring (bicyclic) bond motifs is 4. The Morgan fingerprint density at radius 2 is 1.76 bits per heavy atom. The molecule has 0 radical (unpaired) electrons. The van der Waals surface area contributed by atoms with E-state index < -0.39 is 6.04 Å². The maximum absolute atomic E-state index is 13.4. The second-order valence-electron chi connectivity index (χ2n) is 12.7. The van der Waals surface area contributed by atoms with Crippen molar-refractivity contribution in [2.45, 2.75) is 71.8 Å². The summed E-state index contributed by atoms with van der Waals surface area (Å²) in [5.41, 5.74) is 8.40. The number of hydrogen-bond acceptors (Lipinski definition) is 8. The van der Waals surface area contributed by atoms with Crippen LogP contribution in [0.25, 0.3) is 16.1 Å². The number of benzene rings is 2. The fraction of sp³-hybridized carbons (Fsp3) is 0.316. The molecule has 252 valence electrons. The van der Waals surface area contributed by atoms with Crippen molar-refractivity contribution in [3.05, 3.63) is 110 Å². The first kappa shape index (κ1) is 34.7. The molecular weight excluding hydrogens is 672 g/mol. The van der Waals surface area contributed by atoms with Crippen LogP contribution in [-0.4, -0.2) is 43.6 Å². The Hall–Kier alpha value is -4.12. The van der Waals surface area contributed by atoms with Gasteiger partial charge < -0.3 is 5.32 Å². The maximum atomic E-state index is 13.4. The lowest BCUT2D eigenvalue weighted by Crippen LogP contribution is -2.11. The highest BCUT2D eigenvalue weighted by molar-refractivity contribution is 7.59. The fourth-order valence-corrected chi connectivity index (χ4v) is 8.02. The number of aromatic nitrogens is 4. The van der Waals surface area contributed by atoms with Gasteiger partial charge in [0, 0.05) is 65.0 Å². The van der Waals surface area contributed by atoms with Gasteiger partial charge in [-0.1, -0.05) is 48.4 Å². The summed E-state index contributed by atoms with van der Waals surface area (Å²) in [5.74, 6) is 2.76. The molecule has 11 heteroatoms. The Kier molecular flexibility index (Phi) is 10.5. The molecule has 0 saturated carbocycles. The average Bonchev–Trinajstić information content (AvgIpc) is 3.71. The van der Waals surface area contributed by atoms with Gasteiger partial charge in [-0.05, 0) is 80.1 Å². The van der Waals surface area contributed by atoms with E-state index in [1.807, 2.05) is 37.3 Å². The summed E-state index contributed by atoms with van der Waals surface area (Å²) in [6.45, 7) is 6.95. The van der Waals surface area contributed by atoms with E-state index in [1.165, 1.54) is 10.4 Å². The van der Waals surface area contributed by atoms with Crippen LogP contribution in [0.2, 0.25) is 5.02 Å². The summed E-state index contributed by atoms with van der Waals surface area (Å²) >= 11 is 7.94. The lowest BCUT2D eigenvalue weighted by molar-refractivity contribution is -0.119. The molecule has 1 atom stereocenters. The van der Waals surface area contributed by atoms with Gasteiger partial charge in [-0.15, -0.1) is 21.5 Å². The van der Waals surface area contributed by atoms with Gasteiger partial charge in [0.1, 0.15) is 34.3 Å². The number of halogens is 1. The zero-order valence-electron chi connectivity index (χ0n) is 27.8. The minimum Gasteiger partial charge on any atom is -0.370 e. The highest BCUT2D eigenvalue weighted by Crippen LogP contribution is 2.40. The molecule has 0 bridgehead atoms. The van der Waals surface area contributed by atoms with Crippen LogP contribution in [0.5, 0.6) is 0 Å². The summed E-state index contributed by atoms with van der Waals surface area (Å²) < 4.78 is 2.09. The van der Waals surface area contributed by atoms with Crippen molar-refractivity contribution < 1.29 is 9.59 Å². The first-order valence-corrected chi connectivity index (χ1v) is 17.7. The largest absolute Gasteiger partial charge is 0.370 e. The Morgan fingerprint density at radius 3 is 2.57 bits per heavy atom. The van der Waals surface area contributed by atoms with Gasteiger partial charge in [-0.25, -0.2) is 4.98 Å². The van der Waals surface area contributed by atoms with Crippen molar-refractivity contribution in [3.8, 4) is 16.1 Å². The Labute approximate surface area is 302 Å². The third-order valence-corrected chi connectivity index (χ3v) is 10.7. The van der Waals surface area contributed by atoms with Crippen LogP contribution in [0.4, 0.5) is 5.82 Å². The van der Waals surface area contributed by atoms with Crippen LogP contribution in [0.1, 0.15) is 82.5 Å². The lowest BCUT2D eigenvalue weighted by Gasteiger charge is -2.13. The van der Waals surface area contributed by atoms with Gasteiger partial charge >= 0.3 is 0 Å². The number of unbranched alkanes of at least 4 members (excludes halogenated alkanes) is 2. The molecule has 0 amide bonds. The van der Waals surface area contributed by atoms with Crippen molar-refractivity contribution in [1.29, 1.82) is 0 Å². The van der Waals surface area contributed by atoms with E-state index in [1.54, 1.807) is 17.5 Å². The molecule has 0 unspecified atom stereocenters. The molecule has 8 nitrogen and oxygen atoms in total. The summed E-state index contributed by atoms with van der Waals surface area (Å²) in [6, 6.07) is 17.6.